The molecule has 1 aromatic carbocycles. The Morgan fingerprint density at radius 1 is 1.17 bits per heavy atom. The van der Waals surface area contributed by atoms with Gasteiger partial charge in [0.25, 0.3) is 0 Å². The van der Waals surface area contributed by atoms with Crippen LogP contribution in [-0.2, 0) is 16.1 Å². The van der Waals surface area contributed by atoms with E-state index in [1.807, 2.05) is 0 Å². The topological polar surface area (TPSA) is 121 Å². The maximum absolute atomic E-state index is 13.1. The molecule has 1 fully saturated rings. The van der Waals surface area contributed by atoms with E-state index in [4.69, 9.17) is 23.6 Å². The average Bonchev–Trinajstić information content (AvgIpc) is 3.57. The average molecular weight is 498 g/mol. The van der Waals surface area contributed by atoms with Gasteiger partial charge in [0.05, 0.1) is 39.4 Å². The van der Waals surface area contributed by atoms with Gasteiger partial charge in [0.1, 0.15) is 34.1 Å². The Balaban J connectivity index is 1.53. The lowest BCUT2D eigenvalue weighted by Gasteiger charge is -2.25. The zero-order valence-corrected chi connectivity index (χ0v) is 20.0. The molecule has 0 saturated carbocycles. The minimum atomic E-state index is -0.575. The maximum Gasteiger partial charge on any atom is 0.349 e. The number of nitrogens with one attached hydrogen (secondary N) is 1. The van der Waals surface area contributed by atoms with Crippen molar-refractivity contribution in [3.8, 4) is 23.0 Å². The second-order valence-corrected chi connectivity index (χ2v) is 8.63. The van der Waals surface area contributed by atoms with Crippen molar-refractivity contribution in [2.45, 2.75) is 6.54 Å². The lowest BCUT2D eigenvalue weighted by Crippen LogP contribution is -2.36. The van der Waals surface area contributed by atoms with Crippen molar-refractivity contribution < 1.29 is 23.4 Å². The van der Waals surface area contributed by atoms with Gasteiger partial charge in [-0.05, 0) is 24.3 Å². The van der Waals surface area contributed by atoms with Crippen molar-refractivity contribution in [1.82, 2.24) is 14.5 Å². The summed E-state index contributed by atoms with van der Waals surface area (Å²) in [7, 11) is 3.04. The summed E-state index contributed by atoms with van der Waals surface area (Å²) in [4.78, 5) is 37.7. The molecule has 0 unspecified atom stereocenters. The smallest absolute Gasteiger partial charge is 0.349 e. The molecule has 182 valence electrons. The molecule has 1 aliphatic rings. The SMILES string of the molecule is COc1ccc(OC)c(NC(=O)Cn2c(=O)nc(-c3ccco3)c3nc(N4CCOCC4)sc32)c1. The second kappa shape index (κ2) is 9.76. The number of carbonyl (C=O) groups is 1. The molecule has 1 amide bonds. The Morgan fingerprint density at radius 3 is 2.71 bits per heavy atom. The highest BCUT2D eigenvalue weighted by molar-refractivity contribution is 7.22. The maximum atomic E-state index is 13.1. The van der Waals surface area contributed by atoms with Crippen LogP contribution in [0.25, 0.3) is 21.8 Å². The molecular formula is C23H23N5O6S. The number of furan rings is 1. The van der Waals surface area contributed by atoms with Crippen LogP contribution >= 0.6 is 11.3 Å². The Morgan fingerprint density at radius 2 is 2.00 bits per heavy atom. The van der Waals surface area contributed by atoms with E-state index in [1.165, 1.54) is 36.4 Å². The van der Waals surface area contributed by atoms with Gasteiger partial charge in [-0.2, -0.15) is 4.98 Å². The number of ether oxygens (including phenoxy) is 3. The predicted octanol–water partition coefficient (Wildman–Crippen LogP) is 2.61. The predicted molar refractivity (Wildman–Crippen MR) is 131 cm³/mol. The molecule has 1 N–H and O–H groups in total. The van der Waals surface area contributed by atoms with Crippen LogP contribution in [0, 0.1) is 0 Å². The molecular weight excluding hydrogens is 474 g/mol. The highest BCUT2D eigenvalue weighted by Crippen LogP contribution is 2.34. The van der Waals surface area contributed by atoms with Crippen molar-refractivity contribution in [2.75, 3.05) is 50.7 Å². The summed E-state index contributed by atoms with van der Waals surface area (Å²) in [6, 6.07) is 8.51. The Kier molecular flexibility index (Phi) is 6.38. The standard InChI is InChI=1S/C23H23N5O6S/c1-31-14-5-6-16(32-2)15(12-14)24-18(29)13-28-21-20(19(25-22(28)30)17-4-3-9-34-17)26-23(35-21)27-7-10-33-11-8-27/h3-6,9,12H,7-8,10-11,13H2,1-2H3,(H,24,29). The lowest BCUT2D eigenvalue weighted by molar-refractivity contribution is -0.116. The molecule has 0 spiro atoms. The fraction of sp³-hybridized carbons (Fsp3) is 0.304. The van der Waals surface area contributed by atoms with Crippen LogP contribution in [0.1, 0.15) is 0 Å². The molecule has 5 rings (SSSR count). The first kappa shape index (κ1) is 22.9. The van der Waals surface area contributed by atoms with Crippen LogP contribution < -0.4 is 25.4 Å². The van der Waals surface area contributed by atoms with Crippen molar-refractivity contribution in [1.29, 1.82) is 0 Å². The van der Waals surface area contributed by atoms with Gasteiger partial charge in [0, 0.05) is 19.2 Å². The normalized spacial score (nSPS) is 13.7. The highest BCUT2D eigenvalue weighted by Gasteiger charge is 2.23. The number of aromatic nitrogens is 3. The largest absolute Gasteiger partial charge is 0.497 e. The van der Waals surface area contributed by atoms with E-state index in [-0.39, 0.29) is 6.54 Å². The summed E-state index contributed by atoms with van der Waals surface area (Å²) >= 11 is 1.33. The minimum Gasteiger partial charge on any atom is -0.497 e. The Bertz CT molecular complexity index is 1410. The number of methoxy groups -OCH3 is 2. The molecule has 0 aliphatic carbocycles. The van der Waals surface area contributed by atoms with Gasteiger partial charge in [-0.3, -0.25) is 9.36 Å². The summed E-state index contributed by atoms with van der Waals surface area (Å²) in [5.74, 6) is 1.04. The first-order valence-electron chi connectivity index (χ1n) is 10.9. The third kappa shape index (κ3) is 4.57. The Labute approximate surface area is 203 Å². The molecule has 0 radical (unpaired) electrons. The van der Waals surface area contributed by atoms with Gasteiger partial charge in [-0.1, -0.05) is 11.3 Å². The van der Waals surface area contributed by atoms with Gasteiger partial charge in [0.2, 0.25) is 5.91 Å². The van der Waals surface area contributed by atoms with Crippen molar-refractivity contribution in [2.24, 2.45) is 0 Å². The molecule has 0 bridgehead atoms. The van der Waals surface area contributed by atoms with Crippen LogP contribution in [0.3, 0.4) is 0 Å². The van der Waals surface area contributed by atoms with Crippen LogP contribution in [0.2, 0.25) is 0 Å². The van der Waals surface area contributed by atoms with Crippen LogP contribution in [0.4, 0.5) is 10.8 Å². The second-order valence-electron chi connectivity index (χ2n) is 7.67. The van der Waals surface area contributed by atoms with E-state index < -0.39 is 11.6 Å². The fourth-order valence-corrected chi connectivity index (χ4v) is 4.91. The number of nitrogens with zero attached hydrogens (tertiary/aromatic N) is 4. The summed E-state index contributed by atoms with van der Waals surface area (Å²) in [5, 5.41) is 3.53. The van der Waals surface area contributed by atoms with Gasteiger partial charge in [-0.25, -0.2) is 9.78 Å². The van der Waals surface area contributed by atoms with Crippen molar-refractivity contribution in [3.05, 3.63) is 47.1 Å². The van der Waals surface area contributed by atoms with E-state index in [0.29, 0.717) is 65.3 Å². The van der Waals surface area contributed by atoms with Gasteiger partial charge < -0.3 is 28.8 Å². The number of benzene rings is 1. The first-order valence-corrected chi connectivity index (χ1v) is 11.7. The number of morpholine rings is 1. The zero-order chi connectivity index (χ0) is 24.4. The molecule has 4 aromatic rings. The third-order valence-corrected chi connectivity index (χ3v) is 6.66. The number of thiazole rings is 1. The van der Waals surface area contributed by atoms with E-state index >= 15 is 0 Å². The van der Waals surface area contributed by atoms with Gasteiger partial charge in [-0.15, -0.1) is 0 Å². The number of anilines is 2. The molecule has 11 nitrogen and oxygen atoms in total. The molecule has 3 aromatic heterocycles. The summed E-state index contributed by atoms with van der Waals surface area (Å²) in [6.07, 6.45) is 1.51. The number of amides is 1. The Hall–Kier alpha value is -3.90. The van der Waals surface area contributed by atoms with Crippen LogP contribution in [0.5, 0.6) is 11.5 Å². The first-order chi connectivity index (χ1) is 17.1. The number of fused-ring (bicyclic) bond motifs is 1. The molecule has 12 heteroatoms. The van der Waals surface area contributed by atoms with E-state index in [9.17, 15) is 9.59 Å². The van der Waals surface area contributed by atoms with Gasteiger partial charge in [0.15, 0.2) is 10.9 Å². The zero-order valence-electron chi connectivity index (χ0n) is 19.1. The minimum absolute atomic E-state index is 0.258. The quantitative estimate of drug-likeness (QED) is 0.411. The number of hydrogen-bond donors (Lipinski definition) is 1. The molecule has 1 aliphatic heterocycles. The van der Waals surface area contributed by atoms with Crippen LogP contribution in [0.15, 0.2) is 45.8 Å². The van der Waals surface area contributed by atoms with E-state index in [2.05, 4.69) is 15.2 Å². The van der Waals surface area contributed by atoms with Gasteiger partial charge >= 0.3 is 5.69 Å². The lowest BCUT2D eigenvalue weighted by atomic mass is 10.2. The molecule has 1 saturated heterocycles. The molecule has 0 atom stereocenters. The third-order valence-electron chi connectivity index (χ3n) is 5.52. The number of rotatable bonds is 7. The summed E-state index contributed by atoms with van der Waals surface area (Å²) in [5.41, 5.74) is 0.697. The van der Waals surface area contributed by atoms with Crippen molar-refractivity contribution in [3.63, 3.8) is 0 Å². The van der Waals surface area contributed by atoms with Crippen LogP contribution in [-0.4, -0.2) is 61.0 Å². The number of hydrogen-bond acceptors (Lipinski definition) is 10. The summed E-state index contributed by atoms with van der Waals surface area (Å²) < 4.78 is 22.8. The monoisotopic (exact) mass is 497 g/mol. The summed E-state index contributed by atoms with van der Waals surface area (Å²) in [6.45, 7) is 2.30. The molecule has 35 heavy (non-hydrogen) atoms. The van der Waals surface area contributed by atoms with Crippen molar-refractivity contribution >= 4 is 38.4 Å². The fourth-order valence-electron chi connectivity index (χ4n) is 3.79. The molecule has 4 heterocycles. The number of carbonyl (C=O) groups excluding carboxylic acids is 1. The van der Waals surface area contributed by atoms with E-state index in [1.54, 1.807) is 30.3 Å². The highest BCUT2D eigenvalue weighted by atomic mass is 32.1. The van der Waals surface area contributed by atoms with E-state index in [0.717, 1.165) is 5.13 Å².